The fourth-order valence-electron chi connectivity index (χ4n) is 16.0. The minimum atomic E-state index is -1.40. The summed E-state index contributed by atoms with van der Waals surface area (Å²) >= 11 is 0. The summed E-state index contributed by atoms with van der Waals surface area (Å²) in [6.07, 6.45) is 5.30. The van der Waals surface area contributed by atoms with Crippen molar-refractivity contribution >= 4 is 101 Å². The molecule has 128 heavy (non-hydrogen) atoms. The van der Waals surface area contributed by atoms with E-state index in [1.165, 1.54) is 6.08 Å². The Balaban J connectivity index is 0. The Hall–Kier alpha value is -3.25. The normalized spacial score (nSPS) is 28.3. The van der Waals surface area contributed by atoms with Crippen LogP contribution in [-0.4, -0.2) is 280 Å². The van der Waals surface area contributed by atoms with Gasteiger partial charge in [0.05, 0.1) is 90.6 Å². The number of hydrogen-bond acceptors (Lipinski definition) is 28. The molecule has 0 aromatic rings. The van der Waals surface area contributed by atoms with Crippen LogP contribution in [0.15, 0.2) is 76.9 Å². The zero-order valence-corrected chi connectivity index (χ0v) is 91.3. The summed E-state index contributed by atoms with van der Waals surface area (Å²) in [5.41, 5.74) is 3.45. The van der Waals surface area contributed by atoms with E-state index in [1.54, 1.807) is 89.9 Å². The van der Waals surface area contributed by atoms with Crippen LogP contribution >= 0.6 is 25.4 Å². The molecule has 3 fully saturated rings. The largest absolute Gasteiger partial charge is 2.00 e. The Morgan fingerprint density at radius 1 is 0.531 bits per heavy atom. The minimum absolute atomic E-state index is 0. The number of esters is 3. The van der Waals surface area contributed by atoms with Gasteiger partial charge in [0.1, 0.15) is 51.5 Å². The second-order valence-corrected chi connectivity index (χ2v) is 44.6. The SMILES string of the molecule is C=C.C=CC[C@@H](N)[C@H](C)C[C@@](C)(OC)[C@H](O[C@@H]1OC(C)CC(N(C)C)[C@H]1P=O)[C@@H](C)C1=C(C)C(=O)OC(C)(C)O1.C=C[CH2-].CC(C)(C)S(N)=O.CO[C@](C)(C[C@@H](C)C=N[S@@](=O)C(C)(C)C)[C@H](O[C@@H]1OC(C)CC(N(C)C)[C@H]1P=O)[C@@H](C)C1=C(C)C(=O)OC(C)(C)O1.CO[C@](C)(C[C@@H](C)C=O)[C@H](O[C@@H]1OC(C)CC(N(C)C)[C@H]1P=O)[C@@H](C)C1=C(C)C(=O)OC(C)(C)O1.[Br-].[Mg+2]. The zero-order valence-electron chi connectivity index (χ0n) is 84.0. The Kier molecular flexibility index (Phi) is 55.3. The number of carbonyl (C=O) groups excluding carboxylic acids is 4. The molecule has 0 aromatic heterocycles. The molecule has 4 N–H and O–H groups in total. The molecule has 0 aliphatic carbocycles. The molecule has 0 spiro atoms. The number of rotatable bonds is 36. The van der Waals surface area contributed by atoms with Gasteiger partial charge in [-0.3, -0.25) is 18.8 Å². The van der Waals surface area contributed by atoms with E-state index in [9.17, 15) is 41.3 Å². The average Bonchev–Trinajstić information content (AvgIpc) is 0.773. The number of aldehydes is 1. The number of methoxy groups -OCH3 is 3. The fraction of sp³-hybridized carbons (Fsp3) is 0.802. The third-order valence-corrected chi connectivity index (χ3v) is 28.1. The van der Waals surface area contributed by atoms with Gasteiger partial charge in [-0.2, -0.15) is 4.40 Å². The van der Waals surface area contributed by atoms with E-state index >= 15 is 0 Å². The Labute approximate surface area is 805 Å². The third-order valence-electron chi connectivity index (χ3n) is 23.1. The van der Waals surface area contributed by atoms with Gasteiger partial charge in [-0.05, 0) is 203 Å². The van der Waals surface area contributed by atoms with Gasteiger partial charge in [0.15, 0.2) is 44.3 Å². The van der Waals surface area contributed by atoms with Gasteiger partial charge in [-0.25, -0.2) is 42.4 Å². The van der Waals surface area contributed by atoms with Crippen molar-refractivity contribution in [2.75, 3.05) is 63.6 Å². The van der Waals surface area contributed by atoms with Gasteiger partial charge >= 0.3 is 41.0 Å². The van der Waals surface area contributed by atoms with Gasteiger partial charge in [-0.1, -0.05) is 47.6 Å². The molecule has 27 atom stereocenters. The number of cyclic esters (lactones) is 3. The summed E-state index contributed by atoms with van der Waals surface area (Å²) in [6, 6.07) is -0.182. The third kappa shape index (κ3) is 37.3. The fourth-order valence-corrected chi connectivity index (χ4v) is 18.9. The second kappa shape index (κ2) is 55.8. The second-order valence-electron chi connectivity index (χ2n) is 38.4. The first-order chi connectivity index (χ1) is 57.9. The smallest absolute Gasteiger partial charge is 1.00 e. The molecule has 0 bridgehead atoms. The van der Waals surface area contributed by atoms with Crippen molar-refractivity contribution < 1.29 is 129 Å². The van der Waals surface area contributed by atoms with Crippen molar-refractivity contribution in [3.05, 3.63) is 79.4 Å². The molecule has 0 saturated carbocycles. The van der Waals surface area contributed by atoms with Gasteiger partial charge in [-0.15, -0.1) is 19.7 Å². The summed E-state index contributed by atoms with van der Waals surface area (Å²) < 4.78 is 156. The first-order valence-corrected chi connectivity index (χ1v) is 48.2. The molecule has 0 amide bonds. The molecule has 6 aliphatic heterocycles. The molecular formula is C91H162BrMgN6O24P3S2. The number of nitrogens with zero attached hydrogens (tertiary/aromatic N) is 4. The monoisotopic (exact) mass is 1980 g/mol. The van der Waals surface area contributed by atoms with E-state index in [2.05, 4.69) is 49.5 Å². The quantitative estimate of drug-likeness (QED) is 0.00860. The number of ether oxygens (including phenoxy) is 15. The van der Waals surface area contributed by atoms with Gasteiger partial charge in [0, 0.05) is 117 Å². The summed E-state index contributed by atoms with van der Waals surface area (Å²) in [7, 11) is 13.7. The van der Waals surface area contributed by atoms with E-state index in [0.717, 1.165) is 12.7 Å². The Morgan fingerprint density at radius 3 is 1.01 bits per heavy atom. The number of nitrogens with two attached hydrogens (primary N) is 2. The van der Waals surface area contributed by atoms with Crippen molar-refractivity contribution in [1.29, 1.82) is 0 Å². The number of allylic oxidation sites excluding steroid dienone is 1. The van der Waals surface area contributed by atoms with Crippen molar-refractivity contribution in [2.45, 2.75) is 372 Å². The Morgan fingerprint density at radius 2 is 0.789 bits per heavy atom. The van der Waals surface area contributed by atoms with Gasteiger partial charge in [0.25, 0.3) is 0 Å². The molecular weight excluding hydrogens is 1820 g/mol. The first-order valence-electron chi connectivity index (χ1n) is 43.2. The predicted molar refractivity (Wildman–Crippen MR) is 505 cm³/mol. The molecule has 0 radical (unpaired) electrons. The summed E-state index contributed by atoms with van der Waals surface area (Å²) in [6.45, 7) is 65.9. The van der Waals surface area contributed by atoms with Gasteiger partial charge < -0.3 is 113 Å². The molecule has 6 rings (SSSR count). The molecule has 0 aromatic carbocycles. The number of carbonyl (C=O) groups is 4. The van der Waals surface area contributed by atoms with E-state index in [0.29, 0.717) is 72.5 Å². The van der Waals surface area contributed by atoms with Crippen LogP contribution in [0, 0.1) is 42.4 Å². The van der Waals surface area contributed by atoms with Crippen LogP contribution in [0.2, 0.25) is 0 Å². The molecule has 37 heteroatoms. The molecule has 3 saturated heterocycles. The van der Waals surface area contributed by atoms with E-state index in [1.807, 2.05) is 176 Å². The average molecular weight is 1990 g/mol. The summed E-state index contributed by atoms with van der Waals surface area (Å²) in [4.78, 5) is 55.8. The molecule has 6 heterocycles. The molecule has 736 valence electrons. The van der Waals surface area contributed by atoms with E-state index in [4.69, 9.17) is 81.9 Å². The van der Waals surface area contributed by atoms with Crippen molar-refractivity contribution in [1.82, 2.24) is 14.7 Å². The standard InChI is InChI=1S/C29H51N2O8PS.C28H49N2O7P.C25H42NO8P.C4H11NOS.C3H5.C2H4.BrH.Mg/c1-17(16-30-41(34)27(5,6)7)15-29(10,35-13)24(19(3)22-20(4)25(32)39-28(8,9)38-22)37-26-23(40-33)21(31(11)12)14-18(2)36-26;1-12-13-20(29)16(2)15-28(8,33-11)24(18(4)22-19(5)25(31)37-27(6,7)36-22)35-26-23(38-32)21(30(9)10)14-17(3)34-26;1-14(13-27)12-25(7,30-10)21(16(3)19-17(4)22(28)34-24(5,6)33-19)32-23-20(35-29)18(26(8)9)11-15(2)31-23;1-4(2,3)7(5)6;1-3-2;1-2;;/h16-19,21,23-24,26H,14-15H2,1-13H3;12,16-18,20-21,23-24,26H,1,13-15,29H2,2-11H3;13-16,18,20-21,23H,11-12H2,1-10H3;5H2,1-3H3;3H,1-2H2;1-2H2;1H;/q;;;;-1;;;+2/p-1/t17-,18?,19+,21?,23-,24-,26+,29-,41+;16-,17?,18+,20-,21?,23-,24-,26+,28-;14-,15?,16+,18?,20-,21-,23+,25-;;;;;/m111...../s1. The zero-order chi connectivity index (χ0) is 98.0. The van der Waals surface area contributed by atoms with Crippen molar-refractivity contribution in [3.63, 3.8) is 0 Å². The summed E-state index contributed by atoms with van der Waals surface area (Å²) in [5.74, 6) is -5.22. The molecule has 6 aliphatic rings. The number of halogens is 1. The van der Waals surface area contributed by atoms with Gasteiger partial charge in [0.2, 0.25) is 17.4 Å². The van der Waals surface area contributed by atoms with Crippen molar-refractivity contribution in [3.8, 4) is 0 Å². The predicted octanol–water partition coefficient (Wildman–Crippen LogP) is 12.7. The molecule has 7 unspecified atom stereocenters. The van der Waals surface area contributed by atoms with Crippen molar-refractivity contribution in [2.24, 2.45) is 50.8 Å². The topological polar surface area (TPSA) is 366 Å². The van der Waals surface area contributed by atoms with Crippen LogP contribution in [0.5, 0.6) is 0 Å². The maximum atomic E-state index is 12.8. The van der Waals surface area contributed by atoms with E-state index < -0.39 is 151 Å². The van der Waals surface area contributed by atoms with Crippen LogP contribution in [0.25, 0.3) is 0 Å². The van der Waals surface area contributed by atoms with Crippen LogP contribution in [0.1, 0.15) is 232 Å². The minimum Gasteiger partial charge on any atom is -1.00 e. The maximum absolute atomic E-state index is 12.8. The number of hydrogen-bond donors (Lipinski definition) is 2. The van der Waals surface area contributed by atoms with Crippen LogP contribution in [0.3, 0.4) is 0 Å². The van der Waals surface area contributed by atoms with Crippen LogP contribution in [0.4, 0.5) is 0 Å². The van der Waals surface area contributed by atoms with Crippen LogP contribution in [-0.2, 0) is 126 Å². The van der Waals surface area contributed by atoms with E-state index in [-0.39, 0.29) is 130 Å². The Bertz CT molecular complexity index is 3720. The maximum Gasteiger partial charge on any atom is 2.00 e. The van der Waals surface area contributed by atoms with Crippen LogP contribution < -0.4 is 27.9 Å². The summed E-state index contributed by atoms with van der Waals surface area (Å²) in [5, 5.41) is 5.04. The first kappa shape index (κ1) is 127. The molecule has 30 nitrogen and oxygen atoms in total.